The van der Waals surface area contributed by atoms with Crippen LogP contribution in [0.15, 0.2) is 53.6 Å². The van der Waals surface area contributed by atoms with Crippen molar-refractivity contribution in [3.63, 3.8) is 0 Å². The Bertz CT molecular complexity index is 1050. The normalized spacial score (nSPS) is 11.3. The Kier molecular flexibility index (Phi) is 4.84. The molecule has 0 bridgehead atoms. The summed E-state index contributed by atoms with van der Waals surface area (Å²) in [5, 5.41) is 0.444. The van der Waals surface area contributed by atoms with E-state index in [4.69, 9.17) is 17.3 Å². The highest BCUT2D eigenvalue weighted by molar-refractivity contribution is 7.92. The van der Waals surface area contributed by atoms with Gasteiger partial charge in [0.25, 0.3) is 10.0 Å². The molecule has 0 aliphatic rings. The SMILES string of the molecule is Cc1cccc(C)c1-c1nc(NS(=O)(=O)c2ccc(N)nc2)ccc1Cl. The first-order valence-electron chi connectivity index (χ1n) is 7.75. The molecule has 0 aliphatic heterocycles. The van der Waals surface area contributed by atoms with Crippen LogP contribution in [0.3, 0.4) is 0 Å². The van der Waals surface area contributed by atoms with Crippen LogP contribution in [0.5, 0.6) is 0 Å². The van der Waals surface area contributed by atoms with Gasteiger partial charge in [0, 0.05) is 11.8 Å². The number of anilines is 2. The molecule has 8 heteroatoms. The summed E-state index contributed by atoms with van der Waals surface area (Å²) >= 11 is 6.32. The van der Waals surface area contributed by atoms with Crippen molar-refractivity contribution < 1.29 is 8.42 Å². The number of sulfonamides is 1. The lowest BCUT2D eigenvalue weighted by Gasteiger charge is -2.13. The summed E-state index contributed by atoms with van der Waals surface area (Å²) in [7, 11) is -3.84. The molecule has 0 spiro atoms. The molecule has 6 nitrogen and oxygen atoms in total. The minimum Gasteiger partial charge on any atom is -0.384 e. The monoisotopic (exact) mass is 388 g/mol. The van der Waals surface area contributed by atoms with Gasteiger partial charge in [-0.25, -0.2) is 18.4 Å². The third-order valence-corrected chi connectivity index (χ3v) is 5.52. The quantitative estimate of drug-likeness (QED) is 0.708. The summed E-state index contributed by atoms with van der Waals surface area (Å²) in [6, 6.07) is 11.8. The van der Waals surface area contributed by atoms with Gasteiger partial charge in [-0.3, -0.25) is 4.72 Å². The molecule has 0 saturated heterocycles. The van der Waals surface area contributed by atoms with Gasteiger partial charge >= 0.3 is 0 Å². The van der Waals surface area contributed by atoms with Crippen molar-refractivity contribution in [3.8, 4) is 11.3 Å². The van der Waals surface area contributed by atoms with Crippen molar-refractivity contribution in [2.75, 3.05) is 10.5 Å². The van der Waals surface area contributed by atoms with E-state index < -0.39 is 10.0 Å². The summed E-state index contributed by atoms with van der Waals surface area (Å²) < 4.78 is 27.5. The minimum atomic E-state index is -3.84. The Morgan fingerprint density at radius 2 is 1.73 bits per heavy atom. The van der Waals surface area contributed by atoms with Gasteiger partial charge in [-0.1, -0.05) is 29.8 Å². The maximum Gasteiger partial charge on any atom is 0.264 e. The Balaban J connectivity index is 2.02. The molecule has 3 rings (SSSR count). The van der Waals surface area contributed by atoms with Crippen molar-refractivity contribution in [2.24, 2.45) is 0 Å². The molecule has 0 aliphatic carbocycles. The minimum absolute atomic E-state index is 0.00271. The first kappa shape index (κ1) is 18.2. The Labute approximate surface area is 157 Å². The summed E-state index contributed by atoms with van der Waals surface area (Å²) in [5.74, 6) is 0.412. The molecular formula is C18H17ClN4O2S. The number of nitrogens with two attached hydrogens (primary N) is 1. The first-order valence-corrected chi connectivity index (χ1v) is 9.61. The van der Waals surface area contributed by atoms with Gasteiger partial charge in [-0.2, -0.15) is 0 Å². The largest absolute Gasteiger partial charge is 0.384 e. The first-order chi connectivity index (χ1) is 12.3. The van der Waals surface area contributed by atoms with Crippen LogP contribution in [0, 0.1) is 13.8 Å². The molecule has 1 aromatic carbocycles. The van der Waals surface area contributed by atoms with Crippen LogP contribution in [0.1, 0.15) is 11.1 Å². The topological polar surface area (TPSA) is 98.0 Å². The third kappa shape index (κ3) is 3.63. The molecule has 0 saturated carbocycles. The summed E-state index contributed by atoms with van der Waals surface area (Å²) in [6.45, 7) is 3.91. The predicted octanol–water partition coefficient (Wildman–Crippen LogP) is 3.80. The van der Waals surface area contributed by atoms with Crippen LogP contribution in [0.4, 0.5) is 11.6 Å². The molecular weight excluding hydrogens is 372 g/mol. The van der Waals surface area contributed by atoms with E-state index in [1.54, 1.807) is 6.07 Å². The number of hydrogen-bond acceptors (Lipinski definition) is 5. The van der Waals surface area contributed by atoms with E-state index in [0.29, 0.717) is 10.7 Å². The maximum atomic E-state index is 12.5. The van der Waals surface area contributed by atoms with Crippen LogP contribution < -0.4 is 10.5 Å². The van der Waals surface area contributed by atoms with Crippen LogP contribution in [0.25, 0.3) is 11.3 Å². The van der Waals surface area contributed by atoms with Crippen molar-refractivity contribution in [1.29, 1.82) is 0 Å². The number of halogens is 1. The fourth-order valence-corrected chi connectivity index (χ4v) is 3.75. The molecule has 2 aromatic heterocycles. The summed E-state index contributed by atoms with van der Waals surface area (Å²) in [4.78, 5) is 8.23. The number of nitrogens with one attached hydrogen (secondary N) is 1. The van der Waals surface area contributed by atoms with Crippen molar-refractivity contribution in [2.45, 2.75) is 18.7 Å². The Hall–Kier alpha value is -2.64. The van der Waals surface area contributed by atoms with Gasteiger partial charge in [-0.15, -0.1) is 0 Å². The smallest absolute Gasteiger partial charge is 0.264 e. The lowest BCUT2D eigenvalue weighted by atomic mass is 9.99. The second-order valence-electron chi connectivity index (χ2n) is 5.82. The van der Waals surface area contributed by atoms with E-state index in [1.807, 2.05) is 32.0 Å². The fourth-order valence-electron chi connectivity index (χ4n) is 2.61. The molecule has 0 radical (unpaired) electrons. The van der Waals surface area contributed by atoms with E-state index in [-0.39, 0.29) is 16.5 Å². The van der Waals surface area contributed by atoms with Crippen molar-refractivity contribution in [3.05, 3.63) is 64.8 Å². The van der Waals surface area contributed by atoms with E-state index in [0.717, 1.165) is 16.7 Å². The van der Waals surface area contributed by atoms with Crippen LogP contribution in [0.2, 0.25) is 5.02 Å². The summed E-state index contributed by atoms with van der Waals surface area (Å²) in [5.41, 5.74) is 8.91. The highest BCUT2D eigenvalue weighted by atomic mass is 35.5. The second-order valence-corrected chi connectivity index (χ2v) is 7.91. The number of aryl methyl sites for hydroxylation is 2. The molecule has 0 unspecified atom stereocenters. The van der Waals surface area contributed by atoms with Gasteiger partial charge in [0.1, 0.15) is 16.5 Å². The zero-order valence-electron chi connectivity index (χ0n) is 14.2. The highest BCUT2D eigenvalue weighted by Crippen LogP contribution is 2.32. The van der Waals surface area contributed by atoms with Gasteiger partial charge in [-0.05, 0) is 49.2 Å². The van der Waals surface area contributed by atoms with Crippen LogP contribution >= 0.6 is 11.6 Å². The van der Waals surface area contributed by atoms with Crippen molar-refractivity contribution >= 4 is 33.3 Å². The number of hydrogen-bond donors (Lipinski definition) is 2. The van der Waals surface area contributed by atoms with E-state index in [2.05, 4.69) is 14.7 Å². The Morgan fingerprint density at radius 3 is 2.35 bits per heavy atom. The average molecular weight is 389 g/mol. The van der Waals surface area contributed by atoms with E-state index >= 15 is 0 Å². The van der Waals surface area contributed by atoms with Crippen molar-refractivity contribution in [1.82, 2.24) is 9.97 Å². The molecule has 3 N–H and O–H groups in total. The second kappa shape index (κ2) is 6.93. The molecule has 0 atom stereocenters. The third-order valence-electron chi connectivity index (χ3n) is 3.87. The standard InChI is InChI=1S/C18H17ClN4O2S/c1-11-4-3-5-12(2)17(11)18-14(19)7-9-16(22-18)23-26(24,25)13-6-8-15(20)21-10-13/h3-10H,1-2H3,(H2,20,21)(H,22,23). The summed E-state index contributed by atoms with van der Waals surface area (Å²) in [6.07, 6.45) is 1.19. The highest BCUT2D eigenvalue weighted by Gasteiger charge is 2.17. The van der Waals surface area contributed by atoms with Gasteiger partial charge < -0.3 is 5.73 Å². The van der Waals surface area contributed by atoms with Gasteiger partial charge in [0.15, 0.2) is 0 Å². The maximum absolute atomic E-state index is 12.5. The number of nitrogen functional groups attached to an aromatic ring is 1. The number of nitrogens with zero attached hydrogens (tertiary/aromatic N) is 2. The van der Waals surface area contributed by atoms with Gasteiger partial charge in [0.2, 0.25) is 0 Å². The number of benzene rings is 1. The Morgan fingerprint density at radius 1 is 1.04 bits per heavy atom. The number of aromatic nitrogens is 2. The van der Waals surface area contributed by atoms with E-state index in [9.17, 15) is 8.42 Å². The van der Waals surface area contributed by atoms with E-state index in [1.165, 1.54) is 24.4 Å². The lowest BCUT2D eigenvalue weighted by molar-refractivity contribution is 0.600. The lowest BCUT2D eigenvalue weighted by Crippen LogP contribution is -2.14. The zero-order chi connectivity index (χ0) is 18.9. The number of rotatable bonds is 4. The average Bonchev–Trinajstić information content (AvgIpc) is 2.57. The molecule has 134 valence electrons. The molecule has 0 amide bonds. The van der Waals surface area contributed by atoms with Crippen LogP contribution in [-0.2, 0) is 10.0 Å². The zero-order valence-corrected chi connectivity index (χ0v) is 15.8. The molecule has 3 aromatic rings. The predicted molar refractivity (Wildman–Crippen MR) is 104 cm³/mol. The van der Waals surface area contributed by atoms with Gasteiger partial charge in [0.05, 0.1) is 10.7 Å². The molecule has 2 heterocycles. The van der Waals surface area contributed by atoms with Crippen LogP contribution in [-0.4, -0.2) is 18.4 Å². The molecule has 0 fully saturated rings. The number of pyridine rings is 2. The fraction of sp³-hybridized carbons (Fsp3) is 0.111. The molecule has 26 heavy (non-hydrogen) atoms.